The maximum Gasteiger partial charge on any atom is 0.227 e. The molecule has 6 nitrogen and oxygen atoms in total. The van der Waals surface area contributed by atoms with Crippen molar-refractivity contribution in [2.24, 2.45) is 5.92 Å². The van der Waals surface area contributed by atoms with Crippen molar-refractivity contribution < 1.29 is 9.90 Å². The smallest absolute Gasteiger partial charge is 0.227 e. The van der Waals surface area contributed by atoms with Crippen molar-refractivity contribution in [1.29, 1.82) is 0 Å². The maximum atomic E-state index is 12.7. The second-order valence-electron chi connectivity index (χ2n) is 8.71. The van der Waals surface area contributed by atoms with Crippen LogP contribution in [0.3, 0.4) is 0 Å². The molecule has 0 spiro atoms. The lowest BCUT2D eigenvalue weighted by atomic mass is 9.95. The number of carbonyl (C=O) groups excluding carboxylic acids is 1. The average molecular weight is 453 g/mol. The molecule has 34 heavy (non-hydrogen) atoms. The van der Waals surface area contributed by atoms with Gasteiger partial charge in [0.2, 0.25) is 5.91 Å². The van der Waals surface area contributed by atoms with Gasteiger partial charge in [0, 0.05) is 29.8 Å². The molecule has 2 heterocycles. The van der Waals surface area contributed by atoms with Gasteiger partial charge in [0.15, 0.2) is 0 Å². The number of phenols is 1. The number of rotatable bonds is 6. The number of anilines is 1. The number of hydrogen-bond acceptors (Lipinski definition) is 4. The molecule has 3 aromatic carbocycles. The van der Waals surface area contributed by atoms with Gasteiger partial charge in [-0.05, 0) is 50.2 Å². The van der Waals surface area contributed by atoms with Crippen molar-refractivity contribution in [2.75, 3.05) is 18.4 Å². The van der Waals surface area contributed by atoms with E-state index in [0.717, 1.165) is 49.4 Å². The molecule has 172 valence electrons. The van der Waals surface area contributed by atoms with E-state index in [0.29, 0.717) is 5.69 Å². The van der Waals surface area contributed by atoms with Gasteiger partial charge < -0.3 is 10.4 Å². The van der Waals surface area contributed by atoms with Crippen molar-refractivity contribution in [1.82, 2.24) is 14.7 Å². The molecule has 1 fully saturated rings. The second kappa shape index (κ2) is 9.93. The summed E-state index contributed by atoms with van der Waals surface area (Å²) in [7, 11) is 0. The quantitative estimate of drug-likeness (QED) is 0.400. The molecular weight excluding hydrogens is 424 g/mol. The predicted octanol–water partition coefficient (Wildman–Crippen LogP) is 5.10. The molecule has 1 amide bonds. The first kappa shape index (κ1) is 21.9. The van der Waals surface area contributed by atoms with E-state index in [1.807, 2.05) is 41.1 Å². The number of nitrogens with one attached hydrogen (secondary N) is 1. The number of aromatic nitrogens is 2. The number of hydrogen-bond donors (Lipinski definition) is 2. The minimum Gasteiger partial charge on any atom is -0.506 e. The van der Waals surface area contributed by atoms with Crippen LogP contribution in [0.5, 0.6) is 5.75 Å². The van der Waals surface area contributed by atoms with Gasteiger partial charge in [0.25, 0.3) is 0 Å². The topological polar surface area (TPSA) is 70.4 Å². The standard InChI is InChI=1S/C28H28N4O2/c33-26-14-8-7-13-25(26)29-28(34)22-15-17-31(18-16-22)19-23-20-32(24-11-5-2-6-12-24)30-27(23)21-9-3-1-4-10-21/h1-14,20,22,33H,15-19H2,(H,29,34). The molecule has 1 aromatic heterocycles. The van der Waals surface area contributed by atoms with Gasteiger partial charge in [-0.15, -0.1) is 0 Å². The number of phenolic OH excluding ortho intramolecular Hbond substituents is 1. The van der Waals surface area contributed by atoms with Crippen LogP contribution < -0.4 is 5.32 Å². The van der Waals surface area contributed by atoms with E-state index in [4.69, 9.17) is 5.10 Å². The van der Waals surface area contributed by atoms with E-state index < -0.39 is 0 Å². The number of aromatic hydroxyl groups is 1. The van der Waals surface area contributed by atoms with Crippen molar-refractivity contribution in [3.05, 3.63) is 96.7 Å². The Kier molecular flexibility index (Phi) is 6.40. The molecule has 0 bridgehead atoms. The van der Waals surface area contributed by atoms with Crippen LogP contribution in [0.4, 0.5) is 5.69 Å². The minimum atomic E-state index is -0.0588. The normalized spacial score (nSPS) is 14.7. The summed E-state index contributed by atoms with van der Waals surface area (Å²) in [5.41, 5.74) is 4.77. The van der Waals surface area contributed by atoms with E-state index in [1.54, 1.807) is 24.3 Å². The van der Waals surface area contributed by atoms with Crippen molar-refractivity contribution in [3.8, 4) is 22.7 Å². The van der Waals surface area contributed by atoms with Crippen LogP contribution in [0.1, 0.15) is 18.4 Å². The summed E-state index contributed by atoms with van der Waals surface area (Å²) in [5.74, 6) is 0.0108. The fourth-order valence-electron chi connectivity index (χ4n) is 4.49. The maximum absolute atomic E-state index is 12.7. The van der Waals surface area contributed by atoms with Gasteiger partial charge in [0.1, 0.15) is 5.75 Å². The first-order chi connectivity index (χ1) is 16.7. The zero-order valence-corrected chi connectivity index (χ0v) is 19.0. The summed E-state index contributed by atoms with van der Waals surface area (Å²) in [6.45, 7) is 2.46. The number of carbonyl (C=O) groups is 1. The number of likely N-dealkylation sites (tertiary alicyclic amines) is 1. The van der Waals surface area contributed by atoms with Crippen LogP contribution in [0.2, 0.25) is 0 Å². The fourth-order valence-corrected chi connectivity index (χ4v) is 4.49. The number of benzene rings is 3. The average Bonchev–Trinajstić information content (AvgIpc) is 3.31. The van der Waals surface area contributed by atoms with Crippen LogP contribution in [0.15, 0.2) is 91.1 Å². The Morgan fingerprint density at radius 1 is 0.912 bits per heavy atom. The molecule has 4 aromatic rings. The number of para-hydroxylation sites is 3. The number of amides is 1. The Morgan fingerprint density at radius 3 is 2.26 bits per heavy atom. The van der Waals surface area contributed by atoms with Crippen molar-refractivity contribution in [3.63, 3.8) is 0 Å². The van der Waals surface area contributed by atoms with Gasteiger partial charge in [-0.1, -0.05) is 60.7 Å². The third kappa shape index (κ3) is 4.87. The lowest BCUT2D eigenvalue weighted by molar-refractivity contribution is -0.121. The van der Waals surface area contributed by atoms with Crippen molar-refractivity contribution >= 4 is 11.6 Å². The zero-order chi connectivity index (χ0) is 23.3. The van der Waals surface area contributed by atoms with Crippen LogP contribution in [0, 0.1) is 5.92 Å². The van der Waals surface area contributed by atoms with Crippen LogP contribution in [-0.2, 0) is 11.3 Å². The Bertz CT molecular complexity index is 1250. The molecule has 0 atom stereocenters. The highest BCUT2D eigenvalue weighted by atomic mass is 16.3. The molecule has 1 aliphatic heterocycles. The monoisotopic (exact) mass is 452 g/mol. The molecule has 0 aliphatic carbocycles. The van der Waals surface area contributed by atoms with E-state index >= 15 is 0 Å². The molecule has 6 heteroatoms. The molecular formula is C28H28N4O2. The minimum absolute atomic E-state index is 0.0250. The molecule has 5 rings (SSSR count). The zero-order valence-electron chi connectivity index (χ0n) is 19.0. The van der Waals surface area contributed by atoms with Crippen LogP contribution >= 0.6 is 0 Å². The van der Waals surface area contributed by atoms with E-state index in [9.17, 15) is 9.90 Å². The molecule has 0 radical (unpaired) electrons. The molecule has 0 saturated carbocycles. The van der Waals surface area contributed by atoms with E-state index in [1.165, 1.54) is 5.56 Å². The largest absolute Gasteiger partial charge is 0.506 e. The Morgan fingerprint density at radius 2 is 1.56 bits per heavy atom. The summed E-state index contributed by atoms with van der Waals surface area (Å²) >= 11 is 0. The van der Waals surface area contributed by atoms with E-state index in [2.05, 4.69) is 40.7 Å². The Hall–Kier alpha value is -3.90. The lowest BCUT2D eigenvalue weighted by Gasteiger charge is -2.31. The third-order valence-corrected chi connectivity index (χ3v) is 6.37. The highest BCUT2D eigenvalue weighted by Crippen LogP contribution is 2.28. The Balaban J connectivity index is 1.28. The summed E-state index contributed by atoms with van der Waals surface area (Å²) < 4.78 is 1.95. The summed E-state index contributed by atoms with van der Waals surface area (Å²) in [5, 5.41) is 17.7. The van der Waals surface area contributed by atoms with Gasteiger partial charge in [-0.3, -0.25) is 9.69 Å². The van der Waals surface area contributed by atoms with Crippen molar-refractivity contribution in [2.45, 2.75) is 19.4 Å². The fraction of sp³-hybridized carbons (Fsp3) is 0.214. The second-order valence-corrected chi connectivity index (χ2v) is 8.71. The highest BCUT2D eigenvalue weighted by molar-refractivity contribution is 5.93. The third-order valence-electron chi connectivity index (χ3n) is 6.37. The van der Waals surface area contributed by atoms with Crippen LogP contribution in [-0.4, -0.2) is 38.8 Å². The molecule has 0 unspecified atom stereocenters. The number of piperidine rings is 1. The lowest BCUT2D eigenvalue weighted by Crippen LogP contribution is -2.37. The molecule has 2 N–H and O–H groups in total. The van der Waals surface area contributed by atoms with E-state index in [-0.39, 0.29) is 17.6 Å². The van der Waals surface area contributed by atoms with Gasteiger partial charge in [-0.25, -0.2) is 4.68 Å². The summed E-state index contributed by atoms with van der Waals surface area (Å²) in [6.07, 6.45) is 3.69. The molecule has 1 saturated heterocycles. The van der Waals surface area contributed by atoms with Gasteiger partial charge in [-0.2, -0.15) is 5.10 Å². The SMILES string of the molecule is O=C(Nc1ccccc1O)C1CCN(Cc2cn(-c3ccccc3)nc2-c2ccccc2)CC1. The summed E-state index contributed by atoms with van der Waals surface area (Å²) in [6, 6.07) is 27.3. The Labute approximate surface area is 199 Å². The van der Waals surface area contributed by atoms with Gasteiger partial charge in [0.05, 0.1) is 17.1 Å². The molecule has 1 aliphatic rings. The van der Waals surface area contributed by atoms with Crippen LogP contribution in [0.25, 0.3) is 16.9 Å². The highest BCUT2D eigenvalue weighted by Gasteiger charge is 2.26. The predicted molar refractivity (Wildman–Crippen MR) is 134 cm³/mol. The number of nitrogens with zero attached hydrogens (tertiary/aromatic N) is 3. The van der Waals surface area contributed by atoms with Gasteiger partial charge >= 0.3 is 0 Å². The first-order valence-electron chi connectivity index (χ1n) is 11.7. The first-order valence-corrected chi connectivity index (χ1v) is 11.7. The summed E-state index contributed by atoms with van der Waals surface area (Å²) in [4.78, 5) is 15.1.